The Morgan fingerprint density at radius 3 is 2.50 bits per heavy atom. The van der Waals surface area contributed by atoms with E-state index in [0.717, 1.165) is 25.2 Å². The highest BCUT2D eigenvalue weighted by Crippen LogP contribution is 2.69. The Morgan fingerprint density at radius 1 is 1.14 bits per heavy atom. The number of ether oxygens (including phenoxy) is 1. The highest BCUT2D eigenvalue weighted by molar-refractivity contribution is 5.94. The number of rotatable bonds is 7. The first-order valence-corrected chi connectivity index (χ1v) is 14.4. The highest BCUT2D eigenvalue weighted by Gasteiger charge is 2.69. The summed E-state index contributed by atoms with van der Waals surface area (Å²) in [5.74, 6) is 2.50. The van der Waals surface area contributed by atoms with Crippen LogP contribution in [0.1, 0.15) is 112 Å². The average molecular weight is 507 g/mol. The van der Waals surface area contributed by atoms with Crippen LogP contribution >= 0.6 is 0 Å². The van der Waals surface area contributed by atoms with E-state index in [0.29, 0.717) is 37.0 Å². The summed E-state index contributed by atoms with van der Waals surface area (Å²) in [6, 6.07) is 0. The molecule has 7 heteroatoms. The molecule has 0 aliphatic heterocycles. The molecule has 0 N–H and O–H groups in total. The summed E-state index contributed by atoms with van der Waals surface area (Å²) >= 11 is 0. The van der Waals surface area contributed by atoms with Crippen LogP contribution in [0.4, 0.5) is 4.39 Å². The van der Waals surface area contributed by atoms with Gasteiger partial charge in [0.1, 0.15) is 11.8 Å². The number of alkyl halides is 1. The van der Waals surface area contributed by atoms with Crippen molar-refractivity contribution < 1.29 is 19.0 Å². The maximum atomic E-state index is 17.1. The quantitative estimate of drug-likeness (QED) is 0.205. The van der Waals surface area contributed by atoms with Crippen LogP contribution in [0.25, 0.3) is 0 Å². The number of nitro groups is 1. The third kappa shape index (κ3) is 4.62. The number of hydrogen-bond donors (Lipinski definition) is 0. The lowest BCUT2D eigenvalue weighted by atomic mass is 9.43. The molecule has 36 heavy (non-hydrogen) atoms. The van der Waals surface area contributed by atoms with E-state index in [-0.39, 0.29) is 29.4 Å². The fourth-order valence-corrected chi connectivity index (χ4v) is 9.56. The van der Waals surface area contributed by atoms with Gasteiger partial charge in [-0.3, -0.25) is 4.79 Å². The summed E-state index contributed by atoms with van der Waals surface area (Å²) in [4.78, 5) is 23.2. The number of halogens is 1. The molecule has 0 aromatic carbocycles. The molecule has 4 aliphatic rings. The number of carbonyl (C=O) groups is 1. The van der Waals surface area contributed by atoms with Gasteiger partial charge in [-0.05, 0) is 85.9 Å². The zero-order valence-electron chi connectivity index (χ0n) is 23.2. The van der Waals surface area contributed by atoms with Crippen LogP contribution in [0.5, 0.6) is 0 Å². The van der Waals surface area contributed by atoms with Gasteiger partial charge in [-0.25, -0.2) is 14.5 Å². The molecule has 4 saturated carbocycles. The maximum absolute atomic E-state index is 17.1. The van der Waals surface area contributed by atoms with Gasteiger partial charge in [-0.2, -0.15) is 0 Å². The van der Waals surface area contributed by atoms with Crippen molar-refractivity contribution in [3.63, 3.8) is 0 Å². The minimum Gasteiger partial charge on any atom is -0.462 e. The van der Waals surface area contributed by atoms with Crippen molar-refractivity contribution in [2.24, 2.45) is 51.4 Å². The van der Waals surface area contributed by atoms with E-state index in [9.17, 15) is 14.9 Å². The summed E-state index contributed by atoms with van der Waals surface area (Å²) in [7, 11) is 0. The molecule has 0 saturated heterocycles. The van der Waals surface area contributed by atoms with Crippen molar-refractivity contribution in [3.05, 3.63) is 10.1 Å². The van der Waals surface area contributed by atoms with Crippen LogP contribution in [-0.2, 0) is 9.53 Å². The molecule has 0 bridgehead atoms. The molecule has 4 rings (SSSR count). The Bertz CT molecular complexity index is 892. The second kappa shape index (κ2) is 9.98. The van der Waals surface area contributed by atoms with Gasteiger partial charge in [0.15, 0.2) is 10.7 Å². The first-order valence-electron chi connectivity index (χ1n) is 14.4. The molecule has 0 aromatic rings. The molecule has 4 aliphatic carbocycles. The van der Waals surface area contributed by atoms with Crippen molar-refractivity contribution >= 4 is 11.7 Å². The van der Waals surface area contributed by atoms with E-state index < -0.39 is 28.2 Å². The molecule has 0 heterocycles. The van der Waals surface area contributed by atoms with Gasteiger partial charge in [-0.15, -0.1) is 0 Å². The Morgan fingerprint density at radius 2 is 1.86 bits per heavy atom. The second-order valence-electron chi connectivity index (χ2n) is 13.6. The molecule has 0 radical (unpaired) electrons. The molecular weight excluding hydrogens is 459 g/mol. The predicted octanol–water partition coefficient (Wildman–Crippen LogP) is 7.37. The fourth-order valence-electron chi connectivity index (χ4n) is 9.56. The van der Waals surface area contributed by atoms with E-state index in [1.165, 1.54) is 32.6 Å². The number of carbonyl (C=O) groups excluding carboxylic acids is 1. The van der Waals surface area contributed by atoms with Crippen LogP contribution in [0.3, 0.4) is 0 Å². The van der Waals surface area contributed by atoms with Crippen LogP contribution in [0, 0.1) is 56.5 Å². The number of hydrogen-bond acceptors (Lipinski definition) is 4. The fraction of sp³-hybridized carbons (Fsp3) is 0.931. The van der Waals surface area contributed by atoms with E-state index in [2.05, 4.69) is 32.8 Å². The first-order chi connectivity index (χ1) is 16.8. The molecule has 6 nitrogen and oxygen atoms in total. The third-order valence-electron chi connectivity index (χ3n) is 11.3. The van der Waals surface area contributed by atoms with Gasteiger partial charge in [0.2, 0.25) is 0 Å². The summed E-state index contributed by atoms with van der Waals surface area (Å²) in [5, 5.41) is 14.5. The van der Waals surface area contributed by atoms with Gasteiger partial charge in [-0.1, -0.05) is 53.9 Å². The Balaban J connectivity index is 1.61. The standard InChI is InChI=1S/C29H47FN2O4/c1-18(2)8-7-9-19(3)23-10-11-24-22-16-26(31-32(34)35)29(30)17-21(36-20(4)33)12-15-28(29,6)25(22)13-14-27(23,24)5/h18-19,21-25H,7-17H2,1-6H3/b31-26-/t19-,21+,22+,23-,24+,25+,27-,28-,29+/m1/s1. The number of hydrazone groups is 1. The van der Waals surface area contributed by atoms with Crippen molar-refractivity contribution in [2.75, 3.05) is 0 Å². The van der Waals surface area contributed by atoms with Crippen molar-refractivity contribution in [2.45, 2.75) is 124 Å². The van der Waals surface area contributed by atoms with E-state index >= 15 is 4.39 Å². The molecule has 0 unspecified atom stereocenters. The van der Waals surface area contributed by atoms with Crippen LogP contribution in [0.2, 0.25) is 0 Å². The van der Waals surface area contributed by atoms with Crippen molar-refractivity contribution in [3.8, 4) is 0 Å². The van der Waals surface area contributed by atoms with Crippen LogP contribution in [-0.4, -0.2) is 28.5 Å². The van der Waals surface area contributed by atoms with Crippen molar-refractivity contribution in [1.29, 1.82) is 0 Å². The van der Waals surface area contributed by atoms with E-state index in [1.807, 2.05) is 6.92 Å². The second-order valence-corrected chi connectivity index (χ2v) is 13.6. The normalized spacial score (nSPS) is 44.0. The number of nitrogens with zero attached hydrogens (tertiary/aromatic N) is 2. The largest absolute Gasteiger partial charge is 0.462 e. The molecule has 4 fully saturated rings. The third-order valence-corrected chi connectivity index (χ3v) is 11.3. The lowest BCUT2D eigenvalue weighted by Crippen LogP contribution is -2.65. The van der Waals surface area contributed by atoms with E-state index in [4.69, 9.17) is 4.74 Å². The minimum atomic E-state index is -1.91. The van der Waals surface area contributed by atoms with Crippen molar-refractivity contribution in [1.82, 2.24) is 0 Å². The minimum absolute atomic E-state index is 0.0174. The summed E-state index contributed by atoms with van der Waals surface area (Å²) in [5.41, 5.74) is -2.33. The van der Waals surface area contributed by atoms with E-state index in [1.54, 1.807) is 0 Å². The van der Waals surface area contributed by atoms with Crippen LogP contribution in [0.15, 0.2) is 5.10 Å². The molecule has 9 atom stereocenters. The SMILES string of the molecule is CC(=O)O[C@H]1CC[C@]2(C)[C@H]3CC[C@]4(C)[C@@H]([C@H](C)CCCC(C)C)CC[C@H]4[C@@H]3C/C(=N/[N+](=O)[O-])[C@@]2(F)C1. The Kier molecular flexibility index (Phi) is 7.62. The maximum Gasteiger partial charge on any atom is 0.302 e. The predicted molar refractivity (Wildman–Crippen MR) is 139 cm³/mol. The summed E-state index contributed by atoms with van der Waals surface area (Å²) in [6.45, 7) is 12.8. The Hall–Kier alpha value is -1.53. The van der Waals surface area contributed by atoms with Gasteiger partial charge >= 0.3 is 5.97 Å². The molecule has 0 aromatic heterocycles. The Labute approximate surface area is 216 Å². The van der Waals surface area contributed by atoms with Crippen LogP contribution < -0.4 is 0 Å². The van der Waals surface area contributed by atoms with Gasteiger partial charge in [0.25, 0.3) is 0 Å². The summed E-state index contributed by atoms with van der Waals surface area (Å²) in [6.07, 6.45) is 9.19. The lowest BCUT2D eigenvalue weighted by molar-refractivity contribution is -0.486. The van der Waals surface area contributed by atoms with Gasteiger partial charge in [0.05, 0.1) is 5.10 Å². The molecular formula is C29H47FN2O4. The topological polar surface area (TPSA) is 81.8 Å². The molecule has 0 amide bonds. The van der Waals surface area contributed by atoms with Gasteiger partial charge in [0, 0.05) is 18.8 Å². The van der Waals surface area contributed by atoms with Gasteiger partial charge < -0.3 is 4.74 Å². The summed E-state index contributed by atoms with van der Waals surface area (Å²) < 4.78 is 22.5. The molecule has 0 spiro atoms. The average Bonchev–Trinajstić information content (AvgIpc) is 3.12. The number of fused-ring (bicyclic) bond motifs is 5. The zero-order chi connectivity index (χ0) is 26.5. The lowest BCUT2D eigenvalue weighted by Gasteiger charge is -2.62. The smallest absolute Gasteiger partial charge is 0.302 e. The zero-order valence-corrected chi connectivity index (χ0v) is 23.2. The monoisotopic (exact) mass is 506 g/mol. The first kappa shape index (κ1) is 27.5. The highest BCUT2D eigenvalue weighted by atomic mass is 19.1. The number of esters is 1. The molecule has 204 valence electrons.